The first-order valence-corrected chi connectivity index (χ1v) is 9.41. The Bertz CT molecular complexity index is 812. The van der Waals surface area contributed by atoms with Gasteiger partial charge in [-0.3, -0.25) is 4.79 Å². The van der Waals surface area contributed by atoms with Crippen molar-refractivity contribution >= 4 is 17.7 Å². The Labute approximate surface area is 165 Å². The van der Waals surface area contributed by atoms with Gasteiger partial charge in [0, 0.05) is 56.1 Å². The van der Waals surface area contributed by atoms with Crippen LogP contribution in [0.4, 0.5) is 11.8 Å². The fourth-order valence-corrected chi connectivity index (χ4v) is 3.20. The summed E-state index contributed by atoms with van der Waals surface area (Å²) >= 11 is 0. The average molecular weight is 385 g/mol. The molecule has 1 saturated heterocycles. The lowest BCUT2D eigenvalue weighted by Gasteiger charge is -2.35. The van der Waals surface area contributed by atoms with E-state index in [1.54, 1.807) is 32.4 Å². The molecule has 150 valence electrons. The van der Waals surface area contributed by atoms with Crippen LogP contribution in [-0.4, -0.2) is 67.7 Å². The van der Waals surface area contributed by atoms with Crippen LogP contribution in [0.15, 0.2) is 24.3 Å². The topological polar surface area (TPSA) is 79.8 Å². The van der Waals surface area contributed by atoms with Crippen LogP contribution in [0.3, 0.4) is 0 Å². The second kappa shape index (κ2) is 8.77. The van der Waals surface area contributed by atoms with Gasteiger partial charge in [-0.25, -0.2) is 4.98 Å². The lowest BCUT2D eigenvalue weighted by Crippen LogP contribution is -2.49. The van der Waals surface area contributed by atoms with Crippen molar-refractivity contribution < 1.29 is 14.3 Å². The van der Waals surface area contributed by atoms with Crippen molar-refractivity contribution in [3.8, 4) is 11.5 Å². The maximum Gasteiger partial charge on any atom is 0.254 e. The van der Waals surface area contributed by atoms with Gasteiger partial charge in [-0.2, -0.15) is 4.98 Å². The van der Waals surface area contributed by atoms with Gasteiger partial charge in [0.15, 0.2) is 0 Å². The molecule has 1 aromatic heterocycles. The molecule has 1 amide bonds. The van der Waals surface area contributed by atoms with E-state index in [0.717, 1.165) is 31.1 Å². The highest BCUT2D eigenvalue weighted by molar-refractivity contribution is 5.95. The first kappa shape index (κ1) is 19.7. The Morgan fingerprint density at radius 1 is 1.04 bits per heavy atom. The molecule has 0 unspecified atom stereocenters. The summed E-state index contributed by atoms with van der Waals surface area (Å²) in [5, 5.41) is 3.16. The number of aromatic nitrogens is 2. The number of nitrogens with zero attached hydrogens (tertiary/aromatic N) is 4. The lowest BCUT2D eigenvalue weighted by atomic mass is 10.1. The van der Waals surface area contributed by atoms with Crippen molar-refractivity contribution in [1.82, 2.24) is 14.9 Å². The van der Waals surface area contributed by atoms with Crippen LogP contribution >= 0.6 is 0 Å². The van der Waals surface area contributed by atoms with Crippen molar-refractivity contribution in [2.75, 3.05) is 57.2 Å². The van der Waals surface area contributed by atoms with Crippen LogP contribution < -0.4 is 19.7 Å². The summed E-state index contributed by atoms with van der Waals surface area (Å²) in [6, 6.07) is 7.22. The van der Waals surface area contributed by atoms with Gasteiger partial charge in [0.25, 0.3) is 5.91 Å². The third-order valence-electron chi connectivity index (χ3n) is 4.66. The quantitative estimate of drug-likeness (QED) is 0.816. The molecular weight excluding hydrogens is 358 g/mol. The minimum absolute atomic E-state index is 0.0240. The van der Waals surface area contributed by atoms with Gasteiger partial charge in [0.05, 0.1) is 14.2 Å². The molecule has 2 heterocycles. The van der Waals surface area contributed by atoms with Crippen LogP contribution in [0.2, 0.25) is 0 Å². The number of carbonyl (C=O) groups is 1. The molecule has 0 aliphatic carbocycles. The number of rotatable bonds is 6. The molecule has 8 heteroatoms. The second-order valence-electron chi connectivity index (χ2n) is 6.60. The summed E-state index contributed by atoms with van der Waals surface area (Å²) in [4.78, 5) is 26.0. The standard InChI is InChI=1S/C20H27N5O3/c1-5-21-20-22-14(2)10-18(23-20)24-6-8-25(9-7-24)19(26)15-11-16(27-3)13-17(12-15)28-4/h10-13H,5-9H2,1-4H3,(H,21,22,23). The predicted molar refractivity (Wildman–Crippen MR) is 109 cm³/mol. The molecule has 28 heavy (non-hydrogen) atoms. The number of nitrogens with one attached hydrogen (secondary N) is 1. The smallest absolute Gasteiger partial charge is 0.254 e. The number of aryl methyl sites for hydroxylation is 1. The van der Waals surface area contributed by atoms with Gasteiger partial charge in [-0.15, -0.1) is 0 Å². The van der Waals surface area contributed by atoms with Crippen LogP contribution in [0.1, 0.15) is 23.0 Å². The average Bonchev–Trinajstić information content (AvgIpc) is 2.72. The molecule has 2 aromatic rings. The number of piperazine rings is 1. The first-order valence-electron chi connectivity index (χ1n) is 9.41. The zero-order chi connectivity index (χ0) is 20.1. The molecular formula is C20H27N5O3. The van der Waals surface area contributed by atoms with E-state index in [2.05, 4.69) is 20.2 Å². The van der Waals surface area contributed by atoms with E-state index in [1.807, 2.05) is 24.8 Å². The number of carbonyl (C=O) groups excluding carboxylic acids is 1. The van der Waals surface area contributed by atoms with E-state index in [4.69, 9.17) is 9.47 Å². The van der Waals surface area contributed by atoms with E-state index in [9.17, 15) is 4.79 Å². The SMILES string of the molecule is CCNc1nc(C)cc(N2CCN(C(=O)c3cc(OC)cc(OC)c3)CC2)n1. The Morgan fingerprint density at radius 2 is 1.68 bits per heavy atom. The molecule has 1 fully saturated rings. The van der Waals surface area contributed by atoms with Crippen molar-refractivity contribution in [3.05, 3.63) is 35.5 Å². The summed E-state index contributed by atoms with van der Waals surface area (Å²) in [5.74, 6) is 2.71. The van der Waals surface area contributed by atoms with Crippen LogP contribution in [0.5, 0.6) is 11.5 Å². The molecule has 1 N–H and O–H groups in total. The van der Waals surface area contributed by atoms with Crippen molar-refractivity contribution in [3.63, 3.8) is 0 Å². The van der Waals surface area contributed by atoms with Gasteiger partial charge in [0.2, 0.25) is 5.95 Å². The fourth-order valence-electron chi connectivity index (χ4n) is 3.20. The summed E-state index contributed by atoms with van der Waals surface area (Å²) < 4.78 is 10.5. The molecule has 0 atom stereocenters. The summed E-state index contributed by atoms with van der Waals surface area (Å²) in [5.41, 5.74) is 1.49. The number of anilines is 2. The van der Waals surface area contributed by atoms with Gasteiger partial charge in [-0.05, 0) is 26.0 Å². The number of hydrogen-bond donors (Lipinski definition) is 1. The van der Waals surface area contributed by atoms with Crippen LogP contribution in [0.25, 0.3) is 0 Å². The highest BCUT2D eigenvalue weighted by atomic mass is 16.5. The van der Waals surface area contributed by atoms with Gasteiger partial charge >= 0.3 is 0 Å². The molecule has 1 aromatic carbocycles. The number of methoxy groups -OCH3 is 2. The van der Waals surface area contributed by atoms with E-state index in [0.29, 0.717) is 36.1 Å². The molecule has 0 bridgehead atoms. The maximum absolute atomic E-state index is 12.9. The number of amides is 1. The van der Waals surface area contributed by atoms with E-state index in [-0.39, 0.29) is 5.91 Å². The largest absolute Gasteiger partial charge is 0.497 e. The zero-order valence-electron chi connectivity index (χ0n) is 16.9. The Balaban J connectivity index is 1.69. The van der Waals surface area contributed by atoms with E-state index in [1.165, 1.54) is 0 Å². The monoisotopic (exact) mass is 385 g/mol. The number of benzene rings is 1. The van der Waals surface area contributed by atoms with Crippen molar-refractivity contribution in [1.29, 1.82) is 0 Å². The van der Waals surface area contributed by atoms with Crippen LogP contribution in [-0.2, 0) is 0 Å². The van der Waals surface area contributed by atoms with Gasteiger partial charge < -0.3 is 24.6 Å². The van der Waals surface area contributed by atoms with Crippen LogP contribution in [0, 0.1) is 6.92 Å². The lowest BCUT2D eigenvalue weighted by molar-refractivity contribution is 0.0745. The molecule has 0 spiro atoms. The molecule has 0 radical (unpaired) electrons. The molecule has 0 saturated carbocycles. The van der Waals surface area contributed by atoms with Gasteiger partial charge in [-0.1, -0.05) is 0 Å². The van der Waals surface area contributed by atoms with Crippen molar-refractivity contribution in [2.24, 2.45) is 0 Å². The Kier molecular flexibility index (Phi) is 6.18. The second-order valence-corrected chi connectivity index (χ2v) is 6.60. The molecule has 8 nitrogen and oxygen atoms in total. The summed E-state index contributed by atoms with van der Waals surface area (Å²) in [6.07, 6.45) is 0. The molecule has 3 rings (SSSR count). The fraction of sp³-hybridized carbons (Fsp3) is 0.450. The van der Waals surface area contributed by atoms with Crippen molar-refractivity contribution in [2.45, 2.75) is 13.8 Å². The molecule has 1 aliphatic rings. The third-order valence-corrected chi connectivity index (χ3v) is 4.66. The van der Waals surface area contributed by atoms with Gasteiger partial charge in [0.1, 0.15) is 17.3 Å². The summed E-state index contributed by atoms with van der Waals surface area (Å²) in [6.45, 7) is 7.43. The van der Waals surface area contributed by atoms with E-state index >= 15 is 0 Å². The Hall–Kier alpha value is -3.03. The number of ether oxygens (including phenoxy) is 2. The Morgan fingerprint density at radius 3 is 2.25 bits per heavy atom. The first-order chi connectivity index (χ1) is 13.5. The highest BCUT2D eigenvalue weighted by Crippen LogP contribution is 2.24. The normalized spacial score (nSPS) is 14.0. The minimum Gasteiger partial charge on any atom is -0.497 e. The maximum atomic E-state index is 12.9. The summed E-state index contributed by atoms with van der Waals surface area (Å²) in [7, 11) is 3.15. The van der Waals surface area contributed by atoms with E-state index < -0.39 is 0 Å². The third kappa shape index (κ3) is 4.44. The minimum atomic E-state index is -0.0240. The highest BCUT2D eigenvalue weighted by Gasteiger charge is 2.24. The number of hydrogen-bond acceptors (Lipinski definition) is 7. The predicted octanol–water partition coefficient (Wildman–Crippen LogP) is 2.20. The molecule has 1 aliphatic heterocycles. The zero-order valence-corrected chi connectivity index (χ0v) is 16.9.